The van der Waals surface area contributed by atoms with Crippen molar-refractivity contribution in [3.63, 3.8) is 0 Å². The molecule has 0 unspecified atom stereocenters. The van der Waals surface area contributed by atoms with E-state index in [0.717, 1.165) is 47.7 Å². The third kappa shape index (κ3) is 7.03. The summed E-state index contributed by atoms with van der Waals surface area (Å²) in [5.41, 5.74) is 4.79. The van der Waals surface area contributed by atoms with Crippen LogP contribution in [0.5, 0.6) is 0 Å². The molecule has 0 spiro atoms. The molecule has 0 bridgehead atoms. The summed E-state index contributed by atoms with van der Waals surface area (Å²) in [4.78, 5) is 20.8. The second-order valence-electron chi connectivity index (χ2n) is 13.2. The molecule has 1 N–H and O–H groups in total. The van der Waals surface area contributed by atoms with E-state index in [2.05, 4.69) is 68.8 Å². The van der Waals surface area contributed by atoms with Crippen molar-refractivity contribution < 1.29 is 30.0 Å². The number of aliphatic hydroxyl groups is 1. The van der Waals surface area contributed by atoms with Crippen molar-refractivity contribution in [1.29, 1.82) is 0 Å². The summed E-state index contributed by atoms with van der Waals surface area (Å²) in [5.74, 6) is 0.547. The summed E-state index contributed by atoms with van der Waals surface area (Å²) >= 11 is 0. The van der Waals surface area contributed by atoms with Crippen LogP contribution in [0.1, 0.15) is 78.4 Å². The van der Waals surface area contributed by atoms with Crippen LogP contribution in [0, 0.1) is 17.9 Å². The van der Waals surface area contributed by atoms with Crippen molar-refractivity contribution >= 4 is 40.6 Å². The van der Waals surface area contributed by atoms with E-state index in [1.165, 1.54) is 33.2 Å². The maximum Gasteiger partial charge on any atom is 0.162 e. The molecule has 0 aliphatic heterocycles. The molecule has 2 aromatic heterocycles. The van der Waals surface area contributed by atoms with Crippen molar-refractivity contribution in [2.75, 3.05) is 0 Å². The van der Waals surface area contributed by atoms with E-state index in [0.29, 0.717) is 0 Å². The molecule has 0 saturated heterocycles. The number of allylic oxidation sites excluding steroid dienone is 2. The monoisotopic (exact) mass is 772 g/mol. The Kier molecular flexibility index (Phi) is 11.3. The number of nitrogens with zero attached hydrogens (tertiary/aromatic N) is 2. The zero-order valence-electron chi connectivity index (χ0n) is 27.3. The fourth-order valence-electron chi connectivity index (χ4n) is 6.10. The molecule has 0 atom stereocenters. The summed E-state index contributed by atoms with van der Waals surface area (Å²) in [7, 11) is -1.43. The van der Waals surface area contributed by atoms with Crippen molar-refractivity contribution in [3.05, 3.63) is 78.0 Å². The van der Waals surface area contributed by atoms with E-state index < -0.39 is 8.07 Å². The van der Waals surface area contributed by atoms with E-state index in [9.17, 15) is 9.90 Å². The molecule has 0 saturated carbocycles. The maximum atomic E-state index is 11.7. The number of pyridine rings is 2. The molecule has 1 aliphatic carbocycles. The van der Waals surface area contributed by atoms with Crippen LogP contribution in [-0.4, -0.2) is 28.9 Å². The average molecular weight is 772 g/mol. The van der Waals surface area contributed by atoms with E-state index in [4.69, 9.17) is 4.98 Å². The molecule has 2 heterocycles. The van der Waals surface area contributed by atoms with Crippen molar-refractivity contribution in [3.8, 4) is 11.3 Å². The molecular weight excluding hydrogens is 725 g/mol. The minimum atomic E-state index is -1.43. The molecule has 1 aliphatic rings. The first-order valence-corrected chi connectivity index (χ1v) is 19.1. The van der Waals surface area contributed by atoms with Crippen molar-refractivity contribution in [2.45, 2.75) is 92.3 Å². The normalized spacial score (nSPS) is 13.9. The van der Waals surface area contributed by atoms with Crippen LogP contribution in [0.15, 0.2) is 60.8 Å². The first-order chi connectivity index (χ1) is 19.9. The molecule has 4 aromatic rings. The number of aromatic nitrogens is 2. The van der Waals surface area contributed by atoms with E-state index in [1.54, 1.807) is 0 Å². The third-order valence-electron chi connectivity index (χ3n) is 9.08. The average Bonchev–Trinajstić information content (AvgIpc) is 2.96. The van der Waals surface area contributed by atoms with Gasteiger partial charge in [-0.15, -0.1) is 23.6 Å². The summed E-state index contributed by atoms with van der Waals surface area (Å²) in [6.45, 7) is 20.0. The Morgan fingerprint density at radius 1 is 0.930 bits per heavy atom. The fraction of sp³-hybridized carbons (Fsp3) is 0.432. The Hall–Kier alpha value is -2.66. The van der Waals surface area contributed by atoms with Gasteiger partial charge in [-0.05, 0) is 65.9 Å². The molecule has 4 nitrogen and oxygen atoms in total. The summed E-state index contributed by atoms with van der Waals surface area (Å²) < 4.78 is 0. The number of aliphatic hydroxyl groups excluding tert-OH is 1. The minimum absolute atomic E-state index is 0. The number of benzene rings is 2. The maximum absolute atomic E-state index is 11.7. The van der Waals surface area contributed by atoms with Gasteiger partial charge >= 0.3 is 0 Å². The van der Waals surface area contributed by atoms with Gasteiger partial charge in [0.05, 0.1) is 13.8 Å². The molecule has 43 heavy (non-hydrogen) atoms. The second kappa shape index (κ2) is 14.0. The number of carbonyl (C=O) groups is 1. The third-order valence-corrected chi connectivity index (χ3v) is 11.1. The summed E-state index contributed by atoms with van der Waals surface area (Å²) in [6, 6.07) is 15.0. The Morgan fingerprint density at radius 3 is 2.19 bits per heavy atom. The van der Waals surface area contributed by atoms with Gasteiger partial charge in [-0.3, -0.25) is 14.8 Å². The number of carbonyl (C=O) groups excluding carboxylic acids is 1. The zero-order chi connectivity index (χ0) is 30.8. The standard InChI is InChI=1S/C24H23N2Si.C13H24O2.Ir/c1-24(2)20-12-17-14-25-8-6-15(17)11-19(20)23-22-16(7-9-26-23)10-18(13-21(22)24)27(3,4)5;1-5-10(6-2)12(14)9-13(15)11(7-3)8-4;/h6-10,12-14H,1-5H3;9-11,14H,5-8H2,1-4H3;/q-1;;/b;12-9-;. The quantitative estimate of drug-likeness (QED) is 0.0840. The summed E-state index contributed by atoms with van der Waals surface area (Å²) in [5, 5.41) is 16.1. The van der Waals surface area contributed by atoms with Crippen molar-refractivity contribution in [2.24, 2.45) is 11.8 Å². The van der Waals surface area contributed by atoms with E-state index >= 15 is 0 Å². The molecule has 231 valence electrons. The predicted molar refractivity (Wildman–Crippen MR) is 180 cm³/mol. The van der Waals surface area contributed by atoms with Crippen LogP contribution < -0.4 is 5.19 Å². The van der Waals surface area contributed by atoms with E-state index in [-0.39, 0.29) is 48.9 Å². The van der Waals surface area contributed by atoms with E-state index in [1.807, 2.05) is 52.4 Å². The molecule has 2 aromatic carbocycles. The SMILES string of the molecule is CC1(C)c2cc3cnccc3[c-]c2-c2nccc3cc([Si](C)(C)C)cc1c23.CCC(CC)C(=O)/C=C(\O)C(CC)CC.[Ir]. The van der Waals surface area contributed by atoms with Gasteiger partial charge in [0.25, 0.3) is 0 Å². The van der Waals surface area contributed by atoms with Gasteiger partial charge in [-0.25, -0.2) is 0 Å². The largest absolute Gasteiger partial charge is 0.512 e. The van der Waals surface area contributed by atoms with Gasteiger partial charge in [0.2, 0.25) is 0 Å². The Bertz CT molecular complexity index is 1630. The van der Waals surface area contributed by atoms with Gasteiger partial charge in [-0.2, -0.15) is 0 Å². The fourth-order valence-corrected chi connectivity index (χ4v) is 7.27. The Balaban J connectivity index is 0.000000274. The Labute approximate surface area is 272 Å². The molecule has 0 amide bonds. The van der Waals surface area contributed by atoms with Crippen molar-refractivity contribution in [1.82, 2.24) is 9.97 Å². The second-order valence-corrected chi connectivity index (χ2v) is 18.3. The van der Waals surface area contributed by atoms with Gasteiger partial charge in [-0.1, -0.05) is 95.0 Å². The molecule has 5 rings (SSSR count). The van der Waals surface area contributed by atoms with Crippen LogP contribution in [-0.2, 0) is 30.3 Å². The van der Waals surface area contributed by atoms with Crippen LogP contribution in [0.4, 0.5) is 0 Å². The number of ketones is 1. The molecular formula is C37H47IrN2O2Si-. The van der Waals surface area contributed by atoms with Gasteiger partial charge in [0.15, 0.2) is 5.78 Å². The predicted octanol–water partition coefficient (Wildman–Crippen LogP) is 9.30. The van der Waals surface area contributed by atoms with Crippen LogP contribution >= 0.6 is 0 Å². The number of hydrogen-bond donors (Lipinski definition) is 1. The van der Waals surface area contributed by atoms with Gasteiger partial charge < -0.3 is 5.11 Å². The number of fused-ring (bicyclic) bond motifs is 3. The first kappa shape index (κ1) is 34.8. The Morgan fingerprint density at radius 2 is 1.58 bits per heavy atom. The molecule has 1 radical (unpaired) electrons. The smallest absolute Gasteiger partial charge is 0.162 e. The van der Waals surface area contributed by atoms with Gasteiger partial charge in [0.1, 0.15) is 0 Å². The topological polar surface area (TPSA) is 63.1 Å². The van der Waals surface area contributed by atoms with Gasteiger partial charge in [0, 0.05) is 49.9 Å². The number of hydrogen-bond acceptors (Lipinski definition) is 4. The first-order valence-electron chi connectivity index (χ1n) is 15.6. The molecule has 0 fully saturated rings. The number of rotatable bonds is 8. The minimum Gasteiger partial charge on any atom is -0.512 e. The summed E-state index contributed by atoms with van der Waals surface area (Å²) in [6.07, 6.45) is 10.6. The van der Waals surface area contributed by atoms with Crippen LogP contribution in [0.2, 0.25) is 19.6 Å². The zero-order valence-corrected chi connectivity index (χ0v) is 30.7. The molecule has 6 heteroatoms. The van der Waals surface area contributed by atoms with Crippen LogP contribution in [0.25, 0.3) is 32.8 Å². The van der Waals surface area contributed by atoms with Crippen LogP contribution in [0.3, 0.4) is 0 Å².